The van der Waals surface area contributed by atoms with Crippen LogP contribution in [-0.4, -0.2) is 44.3 Å². The molecule has 0 radical (unpaired) electrons. The van der Waals surface area contributed by atoms with Gasteiger partial charge < -0.3 is 20.4 Å². The largest absolute Gasteiger partial charge is 0.393 e. The molecule has 11 atom stereocenters. The molecule has 0 saturated heterocycles. The zero-order chi connectivity index (χ0) is 25.5. The molecule has 0 aromatic rings. The van der Waals surface area contributed by atoms with Gasteiger partial charge in [0.2, 0.25) is 0 Å². The average Bonchev–Trinajstić information content (AvgIpc) is 3.07. The topological polar surface area (TPSA) is 80.9 Å². The lowest BCUT2D eigenvalue weighted by molar-refractivity contribution is -0.274. The first kappa shape index (κ1) is 26.6. The fourth-order valence-corrected chi connectivity index (χ4v) is 10.5. The average molecular weight is 477 g/mol. The minimum atomic E-state index is -0.810. The molecule has 0 aliphatic heterocycles. The quantitative estimate of drug-likeness (QED) is 0.406. The van der Waals surface area contributed by atoms with E-state index in [0.29, 0.717) is 5.92 Å². The molecular weight excluding hydrogens is 424 g/mol. The van der Waals surface area contributed by atoms with E-state index in [4.69, 9.17) is 0 Å². The second-order valence-electron chi connectivity index (χ2n) is 14.7. The van der Waals surface area contributed by atoms with E-state index in [2.05, 4.69) is 54.5 Å². The van der Waals surface area contributed by atoms with Gasteiger partial charge in [-0.1, -0.05) is 46.3 Å². The highest BCUT2D eigenvalue weighted by atomic mass is 16.3. The van der Waals surface area contributed by atoms with E-state index in [1.807, 2.05) is 6.92 Å². The zero-order valence-corrected chi connectivity index (χ0v) is 23.1. The van der Waals surface area contributed by atoms with Gasteiger partial charge in [0.05, 0.1) is 23.9 Å². The molecule has 4 nitrogen and oxygen atoms in total. The predicted molar refractivity (Wildman–Crippen MR) is 137 cm³/mol. The summed E-state index contributed by atoms with van der Waals surface area (Å²) in [4.78, 5) is 0. The Bertz CT molecular complexity index is 813. The molecule has 4 heteroatoms. The van der Waals surface area contributed by atoms with Crippen LogP contribution in [0.15, 0.2) is 11.6 Å². The third-order valence-electron chi connectivity index (χ3n) is 12.3. The lowest BCUT2D eigenvalue weighted by Crippen LogP contribution is -2.69. The SMILES string of the molecule is CC(C)=CCC[C@](C)(O)[C@@H]1CC[C@]2(C)[C@@H]1[C@H](O)C[C@@H]1[C@]3(C)CC[C@H](O)C(C)(C)[C@@H]3[C@@H](O)C[C@@]12C. The molecule has 0 aromatic carbocycles. The summed E-state index contributed by atoms with van der Waals surface area (Å²) in [7, 11) is 0. The summed E-state index contributed by atoms with van der Waals surface area (Å²) < 4.78 is 0. The van der Waals surface area contributed by atoms with Crippen molar-refractivity contribution in [3.05, 3.63) is 11.6 Å². The molecule has 0 heterocycles. The standard InChI is InChI=1S/C30H52O4/c1-18(2)10-9-13-30(8,34)19-11-15-28(6)24(19)20(31)16-22-27(5)14-12-23(33)26(3,4)25(27)21(32)17-29(22,28)7/h10,19-25,31-34H,9,11-17H2,1-8H3/t19-,20-,21+,22-,23+,24+,25+,27+,28-,29+,30+/m1/s1. The van der Waals surface area contributed by atoms with Crippen LogP contribution in [0.5, 0.6) is 0 Å². The minimum absolute atomic E-state index is 0.0264. The summed E-state index contributed by atoms with van der Waals surface area (Å²) in [6.45, 7) is 17.5. The maximum absolute atomic E-state index is 11.8. The maximum Gasteiger partial charge on any atom is 0.0654 e. The normalized spacial score (nSPS) is 51.6. The number of hydrogen-bond acceptors (Lipinski definition) is 4. The summed E-state index contributed by atoms with van der Waals surface area (Å²) in [5, 5.41) is 46.0. The Morgan fingerprint density at radius 3 is 2.21 bits per heavy atom. The Morgan fingerprint density at radius 2 is 1.59 bits per heavy atom. The minimum Gasteiger partial charge on any atom is -0.393 e. The summed E-state index contributed by atoms with van der Waals surface area (Å²) in [6, 6.07) is 0. The van der Waals surface area contributed by atoms with E-state index in [0.717, 1.165) is 51.4 Å². The van der Waals surface area contributed by atoms with Crippen molar-refractivity contribution in [3.63, 3.8) is 0 Å². The van der Waals surface area contributed by atoms with Crippen LogP contribution in [-0.2, 0) is 0 Å². The zero-order valence-electron chi connectivity index (χ0n) is 23.1. The fourth-order valence-electron chi connectivity index (χ4n) is 10.5. The van der Waals surface area contributed by atoms with Gasteiger partial charge in [-0.3, -0.25) is 0 Å². The van der Waals surface area contributed by atoms with Crippen molar-refractivity contribution in [2.24, 2.45) is 45.3 Å². The van der Waals surface area contributed by atoms with Gasteiger partial charge in [-0.05, 0) is 117 Å². The Hall–Kier alpha value is -0.420. The molecule has 0 aromatic heterocycles. The first-order valence-corrected chi connectivity index (χ1v) is 13.9. The van der Waals surface area contributed by atoms with Gasteiger partial charge in [0.15, 0.2) is 0 Å². The second kappa shape index (κ2) is 8.30. The van der Waals surface area contributed by atoms with Gasteiger partial charge in [-0.2, -0.15) is 0 Å². The summed E-state index contributed by atoms with van der Waals surface area (Å²) in [6.07, 6.45) is 7.54. The monoisotopic (exact) mass is 476 g/mol. The Balaban J connectivity index is 1.70. The molecule has 4 fully saturated rings. The molecule has 0 spiro atoms. The number of allylic oxidation sites excluding steroid dienone is 2. The molecule has 4 aliphatic carbocycles. The fraction of sp³-hybridized carbons (Fsp3) is 0.933. The van der Waals surface area contributed by atoms with E-state index in [1.165, 1.54) is 5.57 Å². The van der Waals surface area contributed by atoms with Crippen molar-refractivity contribution in [1.82, 2.24) is 0 Å². The Kier molecular flexibility index (Phi) is 6.50. The summed E-state index contributed by atoms with van der Waals surface area (Å²) in [5.74, 6) is 0.442. The predicted octanol–water partition coefficient (Wildman–Crippen LogP) is 5.47. The summed E-state index contributed by atoms with van der Waals surface area (Å²) >= 11 is 0. The van der Waals surface area contributed by atoms with Gasteiger partial charge >= 0.3 is 0 Å². The molecule has 4 saturated carbocycles. The molecule has 0 unspecified atom stereocenters. The van der Waals surface area contributed by atoms with Gasteiger partial charge in [-0.25, -0.2) is 0 Å². The van der Waals surface area contributed by atoms with Crippen molar-refractivity contribution in [2.75, 3.05) is 0 Å². The van der Waals surface area contributed by atoms with E-state index in [-0.39, 0.29) is 39.4 Å². The van der Waals surface area contributed by atoms with Crippen LogP contribution < -0.4 is 0 Å². The number of fused-ring (bicyclic) bond motifs is 5. The third kappa shape index (κ3) is 3.60. The third-order valence-corrected chi connectivity index (χ3v) is 12.3. The van der Waals surface area contributed by atoms with Crippen LogP contribution in [0, 0.1) is 45.3 Å². The molecule has 34 heavy (non-hydrogen) atoms. The van der Waals surface area contributed by atoms with Gasteiger partial charge in [0, 0.05) is 0 Å². The molecule has 0 bridgehead atoms. The molecular formula is C30H52O4. The van der Waals surface area contributed by atoms with Gasteiger partial charge in [0.25, 0.3) is 0 Å². The smallest absolute Gasteiger partial charge is 0.0654 e. The first-order chi connectivity index (χ1) is 15.5. The number of aliphatic hydroxyl groups excluding tert-OH is 3. The van der Waals surface area contributed by atoms with E-state index in [9.17, 15) is 20.4 Å². The number of aliphatic hydroxyl groups is 4. The van der Waals surface area contributed by atoms with Gasteiger partial charge in [0.1, 0.15) is 0 Å². The first-order valence-electron chi connectivity index (χ1n) is 13.9. The number of rotatable bonds is 4. The highest BCUT2D eigenvalue weighted by Crippen LogP contribution is 2.75. The number of hydrogen-bond donors (Lipinski definition) is 4. The van der Waals surface area contributed by atoms with Gasteiger partial charge in [-0.15, -0.1) is 0 Å². The van der Waals surface area contributed by atoms with Crippen molar-refractivity contribution < 1.29 is 20.4 Å². The highest BCUT2D eigenvalue weighted by Gasteiger charge is 2.72. The van der Waals surface area contributed by atoms with Crippen LogP contribution in [0.25, 0.3) is 0 Å². The lowest BCUT2D eigenvalue weighted by Gasteiger charge is -2.71. The molecule has 196 valence electrons. The van der Waals surface area contributed by atoms with Crippen LogP contribution in [0.1, 0.15) is 107 Å². The molecule has 4 rings (SSSR count). The van der Waals surface area contributed by atoms with E-state index >= 15 is 0 Å². The van der Waals surface area contributed by atoms with Crippen LogP contribution >= 0.6 is 0 Å². The molecule has 0 amide bonds. The van der Waals surface area contributed by atoms with Crippen molar-refractivity contribution in [3.8, 4) is 0 Å². The second-order valence-corrected chi connectivity index (χ2v) is 14.7. The van der Waals surface area contributed by atoms with Crippen LogP contribution in [0.2, 0.25) is 0 Å². The maximum atomic E-state index is 11.8. The van der Waals surface area contributed by atoms with Crippen LogP contribution in [0.3, 0.4) is 0 Å². The lowest BCUT2D eigenvalue weighted by atomic mass is 9.34. The molecule has 4 aliphatic rings. The van der Waals surface area contributed by atoms with E-state index in [1.54, 1.807) is 0 Å². The Labute approximate surface area is 208 Å². The molecule has 4 N–H and O–H groups in total. The summed E-state index contributed by atoms with van der Waals surface area (Å²) in [5.41, 5.74) is -0.230. The van der Waals surface area contributed by atoms with Crippen molar-refractivity contribution >= 4 is 0 Å². The van der Waals surface area contributed by atoms with Crippen molar-refractivity contribution in [2.45, 2.75) is 131 Å². The van der Waals surface area contributed by atoms with Crippen LogP contribution in [0.4, 0.5) is 0 Å². The van der Waals surface area contributed by atoms with E-state index < -0.39 is 23.9 Å². The van der Waals surface area contributed by atoms with Crippen molar-refractivity contribution in [1.29, 1.82) is 0 Å². The highest BCUT2D eigenvalue weighted by molar-refractivity contribution is 5.21. The Morgan fingerprint density at radius 1 is 0.941 bits per heavy atom.